The van der Waals surface area contributed by atoms with Crippen molar-refractivity contribution in [2.24, 2.45) is 23.2 Å². The normalized spacial score (nSPS) is 32.1. The lowest BCUT2D eigenvalue weighted by Crippen LogP contribution is -2.56. The van der Waals surface area contributed by atoms with Gasteiger partial charge in [0, 0.05) is 12.1 Å². The number of carbonyl (C=O) groups is 2. The van der Waals surface area contributed by atoms with E-state index in [4.69, 9.17) is 14.0 Å². The van der Waals surface area contributed by atoms with E-state index in [0.29, 0.717) is 5.76 Å². The summed E-state index contributed by atoms with van der Waals surface area (Å²) in [5.41, 5.74) is 0.238. The van der Waals surface area contributed by atoms with Crippen molar-refractivity contribution in [1.29, 1.82) is 0 Å². The zero-order valence-electron chi connectivity index (χ0n) is 16.0. The number of nitrogens with zero attached hydrogens (tertiary/aromatic N) is 1. The Morgan fingerprint density at radius 1 is 1.22 bits per heavy atom. The van der Waals surface area contributed by atoms with Crippen molar-refractivity contribution >= 4 is 11.9 Å². The highest BCUT2D eigenvalue weighted by molar-refractivity contribution is 5.81. The maximum atomic E-state index is 12.3. The molecule has 4 saturated carbocycles. The van der Waals surface area contributed by atoms with Crippen LogP contribution in [-0.2, 0) is 14.3 Å². The van der Waals surface area contributed by atoms with Gasteiger partial charge in [-0.15, -0.1) is 0 Å². The van der Waals surface area contributed by atoms with Gasteiger partial charge in [0.1, 0.15) is 5.76 Å². The third kappa shape index (κ3) is 3.96. The molecule has 7 heteroatoms. The van der Waals surface area contributed by atoms with Crippen LogP contribution in [-0.4, -0.2) is 36.3 Å². The maximum Gasteiger partial charge on any atom is 0.344 e. The largest absolute Gasteiger partial charge is 0.463 e. The van der Waals surface area contributed by atoms with Crippen molar-refractivity contribution in [3.8, 4) is 5.88 Å². The zero-order chi connectivity index (χ0) is 19.0. The monoisotopic (exact) mass is 376 g/mol. The van der Waals surface area contributed by atoms with E-state index in [9.17, 15) is 9.59 Å². The smallest absolute Gasteiger partial charge is 0.344 e. The molecular weight excluding hydrogens is 348 g/mol. The molecule has 5 rings (SSSR count). The Bertz CT molecular complexity index is 678. The van der Waals surface area contributed by atoms with Crippen LogP contribution in [0.15, 0.2) is 10.6 Å². The van der Waals surface area contributed by atoms with Gasteiger partial charge < -0.3 is 19.3 Å². The summed E-state index contributed by atoms with van der Waals surface area (Å²) in [5, 5.41) is 6.71. The summed E-state index contributed by atoms with van der Waals surface area (Å²) in [4.78, 5) is 24.0. The second-order valence-electron chi connectivity index (χ2n) is 8.79. The van der Waals surface area contributed by atoms with Crippen molar-refractivity contribution in [2.75, 3.05) is 13.2 Å². The molecule has 1 N–H and O–H groups in total. The average Bonchev–Trinajstić information content (AvgIpc) is 3.02. The van der Waals surface area contributed by atoms with Crippen molar-refractivity contribution in [3.05, 3.63) is 11.8 Å². The van der Waals surface area contributed by atoms with Gasteiger partial charge in [-0.3, -0.25) is 4.79 Å². The predicted molar refractivity (Wildman–Crippen MR) is 95.9 cm³/mol. The quantitative estimate of drug-likeness (QED) is 0.736. The Hall–Kier alpha value is -2.05. The topological polar surface area (TPSA) is 90.7 Å². The number of hydrogen-bond acceptors (Lipinski definition) is 6. The molecule has 0 radical (unpaired) electrons. The highest BCUT2D eigenvalue weighted by Gasteiger charge is 2.53. The van der Waals surface area contributed by atoms with Gasteiger partial charge in [-0.1, -0.05) is 0 Å². The molecule has 1 heterocycles. The predicted octanol–water partition coefficient (Wildman–Crippen LogP) is 2.63. The minimum atomic E-state index is -0.603. The first-order valence-electron chi connectivity index (χ1n) is 9.93. The zero-order valence-corrected chi connectivity index (χ0v) is 16.0. The number of esters is 1. The van der Waals surface area contributed by atoms with Crippen molar-refractivity contribution in [3.63, 3.8) is 0 Å². The number of aromatic nitrogens is 1. The van der Waals surface area contributed by atoms with Gasteiger partial charge in [0.05, 0.1) is 0 Å². The molecule has 4 aliphatic carbocycles. The maximum absolute atomic E-state index is 12.3. The van der Waals surface area contributed by atoms with Crippen LogP contribution in [0.25, 0.3) is 0 Å². The van der Waals surface area contributed by atoms with Crippen molar-refractivity contribution < 1.29 is 23.6 Å². The summed E-state index contributed by atoms with van der Waals surface area (Å²) in [6.45, 7) is 3.26. The first-order valence-corrected chi connectivity index (χ1v) is 9.93. The fraction of sp³-hybridized carbons (Fsp3) is 0.750. The van der Waals surface area contributed by atoms with Crippen molar-refractivity contribution in [1.82, 2.24) is 10.5 Å². The van der Waals surface area contributed by atoms with Crippen LogP contribution in [0.2, 0.25) is 0 Å². The number of nitrogens with one attached hydrogen (secondary N) is 1. The molecule has 0 aromatic carbocycles. The van der Waals surface area contributed by atoms with E-state index in [0.717, 1.165) is 17.8 Å². The second-order valence-corrected chi connectivity index (χ2v) is 8.79. The minimum absolute atomic E-state index is 0.117. The average molecular weight is 376 g/mol. The standard InChI is InChI=1S/C20H28N2O5/c1-12-3-18(22-27-12)25-11-19(24)26-10-17(23)21-13(2)20-7-14-4-15(8-20)6-16(5-14)9-20/h3,13-16H,4-11H2,1-2H3,(H,21,23)/t13-,14?,15?,16?,20?/m0/s1. The van der Waals surface area contributed by atoms with Crippen molar-refractivity contribution in [2.45, 2.75) is 58.4 Å². The number of ether oxygens (including phenoxy) is 2. The van der Waals surface area contributed by atoms with E-state index in [-0.39, 0.29) is 36.5 Å². The number of amides is 1. The van der Waals surface area contributed by atoms with E-state index < -0.39 is 5.97 Å². The lowest BCUT2D eigenvalue weighted by Gasteiger charge is -2.59. The summed E-state index contributed by atoms with van der Waals surface area (Å²) >= 11 is 0. The fourth-order valence-corrected chi connectivity index (χ4v) is 5.88. The van der Waals surface area contributed by atoms with Gasteiger partial charge in [-0.05, 0) is 80.7 Å². The minimum Gasteiger partial charge on any atom is -0.463 e. The number of aryl methyl sites for hydroxylation is 1. The first-order chi connectivity index (χ1) is 12.9. The molecule has 1 amide bonds. The van der Waals surface area contributed by atoms with E-state index in [1.807, 2.05) is 0 Å². The van der Waals surface area contributed by atoms with E-state index in [1.54, 1.807) is 13.0 Å². The third-order valence-corrected chi connectivity index (χ3v) is 6.69. The highest BCUT2D eigenvalue weighted by atomic mass is 16.6. The molecule has 0 aliphatic heterocycles. The number of hydrogen-bond donors (Lipinski definition) is 1. The Morgan fingerprint density at radius 3 is 2.41 bits per heavy atom. The summed E-state index contributed by atoms with van der Waals surface area (Å²) in [5.74, 6) is 2.49. The van der Waals surface area contributed by atoms with Gasteiger partial charge in [0.25, 0.3) is 11.8 Å². The van der Waals surface area contributed by atoms with Gasteiger partial charge in [-0.2, -0.15) is 0 Å². The molecule has 27 heavy (non-hydrogen) atoms. The lowest BCUT2D eigenvalue weighted by atomic mass is 9.48. The van der Waals surface area contributed by atoms with Crippen LogP contribution in [0.5, 0.6) is 5.88 Å². The van der Waals surface area contributed by atoms with Crippen LogP contribution < -0.4 is 10.1 Å². The third-order valence-electron chi connectivity index (χ3n) is 6.69. The Balaban J connectivity index is 1.21. The Morgan fingerprint density at radius 2 is 1.85 bits per heavy atom. The molecule has 0 unspecified atom stereocenters. The molecule has 7 nitrogen and oxygen atoms in total. The summed E-state index contributed by atoms with van der Waals surface area (Å²) < 4.78 is 15.0. The molecule has 0 spiro atoms. The molecule has 4 aliphatic rings. The number of rotatable bonds is 7. The van der Waals surface area contributed by atoms with Crippen LogP contribution in [0.3, 0.4) is 0 Å². The first kappa shape index (κ1) is 18.3. The van der Waals surface area contributed by atoms with E-state index in [1.165, 1.54) is 38.5 Å². The summed E-state index contributed by atoms with van der Waals surface area (Å²) in [6, 6.07) is 1.69. The van der Waals surface area contributed by atoms with Crippen LogP contribution in [0.1, 0.15) is 51.2 Å². The van der Waals surface area contributed by atoms with Crippen LogP contribution >= 0.6 is 0 Å². The van der Waals surface area contributed by atoms with Gasteiger partial charge in [0.2, 0.25) is 0 Å². The Kier molecular flexibility index (Phi) is 4.86. The summed E-state index contributed by atoms with van der Waals surface area (Å²) in [7, 11) is 0. The molecule has 4 fully saturated rings. The molecule has 1 atom stereocenters. The van der Waals surface area contributed by atoms with Gasteiger partial charge in [0.15, 0.2) is 13.2 Å². The SMILES string of the molecule is Cc1cc(OCC(=O)OCC(=O)N[C@@H](C)C23CC4CC(CC(C4)C2)C3)no1. The summed E-state index contributed by atoms with van der Waals surface area (Å²) in [6.07, 6.45) is 7.81. The van der Waals surface area contributed by atoms with E-state index in [2.05, 4.69) is 17.4 Å². The van der Waals surface area contributed by atoms with E-state index >= 15 is 0 Å². The molecule has 0 saturated heterocycles. The van der Waals surface area contributed by atoms with Crippen LogP contribution in [0, 0.1) is 30.1 Å². The van der Waals surface area contributed by atoms with Crippen LogP contribution in [0.4, 0.5) is 0 Å². The molecular formula is C20H28N2O5. The second kappa shape index (κ2) is 7.17. The molecule has 1 aromatic rings. The van der Waals surface area contributed by atoms with Gasteiger partial charge >= 0.3 is 5.97 Å². The number of carbonyl (C=O) groups excluding carboxylic acids is 2. The fourth-order valence-electron chi connectivity index (χ4n) is 5.88. The molecule has 1 aromatic heterocycles. The highest BCUT2D eigenvalue weighted by Crippen LogP contribution is 2.61. The van der Waals surface area contributed by atoms with Gasteiger partial charge in [-0.25, -0.2) is 4.79 Å². The molecule has 4 bridgehead atoms. The lowest BCUT2D eigenvalue weighted by molar-refractivity contribution is -0.151. The molecule has 148 valence electrons. The Labute approximate surface area is 159 Å².